The molecule has 1 aromatic carbocycles. The maximum Gasteiger partial charge on any atom is 0.413 e. The Bertz CT molecular complexity index is 936. The number of hydrogen-bond acceptors (Lipinski definition) is 7. The summed E-state index contributed by atoms with van der Waals surface area (Å²) in [4.78, 5) is 50.2. The summed E-state index contributed by atoms with van der Waals surface area (Å²) in [6, 6.07) is 3.39. The largest absolute Gasteiger partial charge is 0.467 e. The minimum atomic E-state index is -0.958. The third kappa shape index (κ3) is 4.26. The van der Waals surface area contributed by atoms with E-state index in [-0.39, 0.29) is 34.6 Å². The van der Waals surface area contributed by atoms with Crippen LogP contribution in [0.1, 0.15) is 34.6 Å². The Balaban J connectivity index is 1.75. The van der Waals surface area contributed by atoms with Gasteiger partial charge in [0, 0.05) is 24.6 Å². The molecule has 0 spiro atoms. The van der Waals surface area contributed by atoms with E-state index in [2.05, 4.69) is 19.2 Å². The Hall–Kier alpha value is -3.17. The van der Waals surface area contributed by atoms with Crippen molar-refractivity contribution < 1.29 is 28.8 Å². The van der Waals surface area contributed by atoms with Crippen molar-refractivity contribution in [2.24, 2.45) is 22.7 Å². The predicted molar refractivity (Wildman–Crippen MR) is 114 cm³/mol. The van der Waals surface area contributed by atoms with Crippen LogP contribution in [0.15, 0.2) is 24.3 Å². The highest BCUT2D eigenvalue weighted by Crippen LogP contribution is 2.65. The maximum atomic E-state index is 13.5. The minimum absolute atomic E-state index is 0.0200. The fourth-order valence-corrected chi connectivity index (χ4v) is 4.61. The Morgan fingerprint density at radius 1 is 1.22 bits per heavy atom. The molecule has 1 aliphatic carbocycles. The number of fused-ring (bicyclic) bond motifs is 1. The number of benzene rings is 1. The summed E-state index contributed by atoms with van der Waals surface area (Å²) < 4.78 is 10.2. The fraction of sp³-hybridized carbons (Fsp3) is 0.591. The number of ether oxygens (including phenoxy) is 2. The van der Waals surface area contributed by atoms with Gasteiger partial charge in [-0.25, -0.2) is 9.59 Å². The van der Waals surface area contributed by atoms with Gasteiger partial charge < -0.3 is 19.7 Å². The first kappa shape index (κ1) is 23.5. The van der Waals surface area contributed by atoms with Crippen LogP contribution in [0.2, 0.25) is 0 Å². The first-order chi connectivity index (χ1) is 14.8. The summed E-state index contributed by atoms with van der Waals surface area (Å²) in [6.07, 6.45) is -0.869. The van der Waals surface area contributed by atoms with Crippen LogP contribution in [-0.2, 0) is 14.3 Å². The van der Waals surface area contributed by atoms with Crippen molar-refractivity contribution in [3.05, 3.63) is 34.4 Å². The number of rotatable bonds is 5. The highest BCUT2D eigenvalue weighted by atomic mass is 16.6. The molecule has 0 aromatic heterocycles. The van der Waals surface area contributed by atoms with Gasteiger partial charge in [-0.1, -0.05) is 34.6 Å². The van der Waals surface area contributed by atoms with Crippen LogP contribution >= 0.6 is 0 Å². The fourth-order valence-electron chi connectivity index (χ4n) is 4.61. The van der Waals surface area contributed by atoms with Gasteiger partial charge in [0.15, 0.2) is 0 Å². The molecular weight excluding hydrogens is 418 g/mol. The van der Waals surface area contributed by atoms with Gasteiger partial charge in [-0.3, -0.25) is 14.9 Å². The number of nitrogens with one attached hydrogen (secondary N) is 1. The van der Waals surface area contributed by atoms with Crippen LogP contribution in [0, 0.1) is 32.8 Å². The first-order valence-electron chi connectivity index (χ1n) is 10.4. The lowest BCUT2D eigenvalue weighted by atomic mass is 9.85. The third-order valence-corrected chi connectivity index (χ3v) is 6.57. The van der Waals surface area contributed by atoms with Crippen molar-refractivity contribution >= 4 is 23.7 Å². The molecule has 0 radical (unpaired) electrons. The van der Waals surface area contributed by atoms with E-state index in [1.165, 1.54) is 36.3 Å². The van der Waals surface area contributed by atoms with E-state index in [1.807, 2.05) is 0 Å². The Kier molecular flexibility index (Phi) is 5.92. The molecule has 1 heterocycles. The number of piperidine rings is 1. The van der Waals surface area contributed by atoms with Gasteiger partial charge in [-0.05, 0) is 28.9 Å². The normalized spacial score (nSPS) is 24.2. The van der Waals surface area contributed by atoms with Gasteiger partial charge in [-0.2, -0.15) is 0 Å². The van der Waals surface area contributed by atoms with Crippen molar-refractivity contribution in [2.45, 2.75) is 46.7 Å². The van der Waals surface area contributed by atoms with E-state index in [9.17, 15) is 24.5 Å². The number of amides is 2. The number of methoxy groups -OCH3 is 1. The lowest BCUT2D eigenvalue weighted by molar-refractivity contribution is -0.384. The van der Waals surface area contributed by atoms with Crippen molar-refractivity contribution in [1.29, 1.82) is 0 Å². The number of esters is 1. The summed E-state index contributed by atoms with van der Waals surface area (Å²) in [6.45, 7) is 9.96. The molecule has 1 saturated carbocycles. The molecule has 10 heteroatoms. The maximum absolute atomic E-state index is 13.5. The first-order valence-corrected chi connectivity index (χ1v) is 10.4. The standard InChI is InChI=1S/C22H29N3O7/c1-21(2,3)17(23-20(28)32-13-9-7-12(8-10-13)25(29)30)18(26)24-11-14-15(22(14,4)5)16(24)19(27)31-6/h7-10,14-17H,11H2,1-6H3,(H,23,28)/t14-,15?,16-,17+/m0/s1. The van der Waals surface area contributed by atoms with Crippen LogP contribution in [-0.4, -0.2) is 53.5 Å². The number of nitro groups is 1. The van der Waals surface area contributed by atoms with Crippen molar-refractivity contribution in [3.63, 3.8) is 0 Å². The predicted octanol–water partition coefficient (Wildman–Crippen LogP) is 2.75. The third-order valence-electron chi connectivity index (χ3n) is 6.57. The van der Waals surface area contributed by atoms with Crippen LogP contribution in [0.4, 0.5) is 10.5 Å². The molecule has 1 N–H and O–H groups in total. The van der Waals surface area contributed by atoms with Crippen LogP contribution in [0.25, 0.3) is 0 Å². The molecule has 3 rings (SSSR count). The zero-order valence-electron chi connectivity index (χ0n) is 19.1. The zero-order chi connectivity index (χ0) is 24.0. The second kappa shape index (κ2) is 8.07. The minimum Gasteiger partial charge on any atom is -0.467 e. The van der Waals surface area contributed by atoms with E-state index in [0.29, 0.717) is 6.54 Å². The highest BCUT2D eigenvalue weighted by Gasteiger charge is 2.70. The summed E-state index contributed by atoms with van der Waals surface area (Å²) in [7, 11) is 1.30. The quantitative estimate of drug-likeness (QED) is 0.417. The summed E-state index contributed by atoms with van der Waals surface area (Å²) in [5.74, 6) is -0.520. The van der Waals surface area contributed by atoms with Gasteiger partial charge in [0.05, 0.1) is 12.0 Å². The van der Waals surface area contributed by atoms with Gasteiger partial charge in [0.1, 0.15) is 17.8 Å². The average Bonchev–Trinajstić information content (AvgIpc) is 3.04. The molecule has 1 unspecified atom stereocenters. The monoisotopic (exact) mass is 447 g/mol. The topological polar surface area (TPSA) is 128 Å². The zero-order valence-corrected chi connectivity index (χ0v) is 19.1. The molecule has 174 valence electrons. The summed E-state index contributed by atoms with van der Waals surface area (Å²) >= 11 is 0. The number of carbonyl (C=O) groups is 3. The molecule has 1 aliphatic heterocycles. The second-order valence-electron chi connectivity index (χ2n) is 10.00. The highest BCUT2D eigenvalue weighted by molar-refractivity contribution is 5.91. The Morgan fingerprint density at radius 3 is 2.31 bits per heavy atom. The number of hydrogen-bond donors (Lipinski definition) is 1. The van der Waals surface area contributed by atoms with Crippen LogP contribution < -0.4 is 10.1 Å². The van der Waals surface area contributed by atoms with E-state index < -0.39 is 34.5 Å². The van der Waals surface area contributed by atoms with E-state index >= 15 is 0 Å². The summed E-state index contributed by atoms with van der Waals surface area (Å²) in [5, 5.41) is 13.4. The van der Waals surface area contributed by atoms with Crippen molar-refractivity contribution in [3.8, 4) is 5.75 Å². The molecule has 2 aliphatic rings. The molecule has 10 nitrogen and oxygen atoms in total. The number of non-ortho nitro benzene ring substituents is 1. The summed E-state index contributed by atoms with van der Waals surface area (Å²) in [5.41, 5.74) is -0.853. The molecule has 2 fully saturated rings. The number of nitrogens with zero attached hydrogens (tertiary/aromatic N) is 2. The Morgan fingerprint density at radius 2 is 1.81 bits per heavy atom. The van der Waals surface area contributed by atoms with E-state index in [0.717, 1.165) is 0 Å². The van der Waals surface area contributed by atoms with Gasteiger partial charge in [-0.15, -0.1) is 0 Å². The SMILES string of the molecule is COC(=O)[C@@H]1C2[C@H](CN1C(=O)[C@@H](NC(=O)Oc1ccc([N+](=O)[O-])cc1)C(C)(C)C)C2(C)C. The molecule has 1 saturated heterocycles. The lowest BCUT2D eigenvalue weighted by Crippen LogP contribution is -2.58. The van der Waals surface area contributed by atoms with E-state index in [1.54, 1.807) is 20.8 Å². The molecule has 2 amide bonds. The van der Waals surface area contributed by atoms with Gasteiger partial charge in [0.2, 0.25) is 5.91 Å². The molecule has 1 aromatic rings. The number of nitro benzene ring substituents is 1. The second-order valence-corrected chi connectivity index (χ2v) is 10.00. The molecule has 0 bridgehead atoms. The average molecular weight is 447 g/mol. The van der Waals surface area contributed by atoms with E-state index in [4.69, 9.17) is 9.47 Å². The number of likely N-dealkylation sites (tertiary alicyclic amines) is 1. The molecular formula is C22H29N3O7. The van der Waals surface area contributed by atoms with Gasteiger partial charge in [0.25, 0.3) is 5.69 Å². The van der Waals surface area contributed by atoms with Gasteiger partial charge >= 0.3 is 12.1 Å². The Labute approximate surface area is 186 Å². The molecule has 32 heavy (non-hydrogen) atoms. The van der Waals surface area contributed by atoms with Crippen molar-refractivity contribution in [2.75, 3.05) is 13.7 Å². The van der Waals surface area contributed by atoms with Crippen LogP contribution in [0.3, 0.4) is 0 Å². The smallest absolute Gasteiger partial charge is 0.413 e. The lowest BCUT2D eigenvalue weighted by Gasteiger charge is -2.36. The van der Waals surface area contributed by atoms with Crippen molar-refractivity contribution in [1.82, 2.24) is 10.2 Å². The molecule has 4 atom stereocenters. The number of carbonyl (C=O) groups excluding carboxylic acids is 3. The van der Waals surface area contributed by atoms with Crippen LogP contribution in [0.5, 0.6) is 5.75 Å².